The van der Waals surface area contributed by atoms with Crippen LogP contribution in [0.3, 0.4) is 0 Å². The molecule has 182 valence electrons. The van der Waals surface area contributed by atoms with E-state index < -0.39 is 0 Å². The van der Waals surface area contributed by atoms with Gasteiger partial charge in [0.15, 0.2) is 0 Å². The number of hydrogen-bond donors (Lipinski definition) is 2. The summed E-state index contributed by atoms with van der Waals surface area (Å²) in [7, 11) is 0. The minimum Gasteiger partial charge on any atom is -0.369 e. The highest BCUT2D eigenvalue weighted by Crippen LogP contribution is 2.24. The monoisotopic (exact) mass is 476 g/mol. The highest BCUT2D eigenvalue weighted by molar-refractivity contribution is 6.05. The zero-order valence-corrected chi connectivity index (χ0v) is 20.7. The number of nitrogens with zero attached hydrogens (tertiary/aromatic N) is 2. The Balaban J connectivity index is 1.28. The topological polar surface area (TPSA) is 72.9 Å². The summed E-state index contributed by atoms with van der Waals surface area (Å²) in [6.07, 6.45) is 5.52. The predicted molar refractivity (Wildman–Crippen MR) is 149 cm³/mol. The molecule has 5 rings (SSSR count). The van der Waals surface area contributed by atoms with Crippen molar-refractivity contribution >= 4 is 39.3 Å². The van der Waals surface area contributed by atoms with Gasteiger partial charge in [-0.1, -0.05) is 74.4 Å². The number of amides is 1. The van der Waals surface area contributed by atoms with Crippen LogP contribution in [0.4, 0.5) is 11.6 Å². The van der Waals surface area contributed by atoms with Gasteiger partial charge in [0.05, 0.1) is 11.0 Å². The fourth-order valence-corrected chi connectivity index (χ4v) is 4.81. The SMILES string of the molecule is CCCCCc1ccc(C(=O)Nc2ccc3c(c2)nc(N)n3CCc2cccc3ccccc23)cc1. The molecule has 0 spiro atoms. The van der Waals surface area contributed by atoms with E-state index in [-0.39, 0.29) is 5.91 Å². The molecule has 0 aliphatic carbocycles. The molecule has 0 saturated heterocycles. The number of nitrogen functional groups attached to an aromatic ring is 1. The lowest BCUT2D eigenvalue weighted by molar-refractivity contribution is 0.102. The molecule has 0 bridgehead atoms. The maximum Gasteiger partial charge on any atom is 0.255 e. The second-order valence-corrected chi connectivity index (χ2v) is 9.32. The van der Waals surface area contributed by atoms with E-state index in [0.29, 0.717) is 17.2 Å². The zero-order chi connectivity index (χ0) is 24.9. The number of carbonyl (C=O) groups excluding carboxylic acids is 1. The molecule has 1 amide bonds. The second kappa shape index (κ2) is 10.6. The van der Waals surface area contributed by atoms with Gasteiger partial charge < -0.3 is 15.6 Å². The van der Waals surface area contributed by atoms with E-state index in [0.717, 1.165) is 30.4 Å². The van der Waals surface area contributed by atoms with Gasteiger partial charge in [0.1, 0.15) is 0 Å². The number of imidazole rings is 1. The van der Waals surface area contributed by atoms with Crippen LogP contribution in [0.5, 0.6) is 0 Å². The number of carbonyl (C=O) groups is 1. The van der Waals surface area contributed by atoms with Crippen LogP contribution in [-0.4, -0.2) is 15.5 Å². The highest BCUT2D eigenvalue weighted by atomic mass is 16.1. The molecule has 36 heavy (non-hydrogen) atoms. The molecule has 5 nitrogen and oxygen atoms in total. The summed E-state index contributed by atoms with van der Waals surface area (Å²) in [6.45, 7) is 2.93. The van der Waals surface area contributed by atoms with Crippen molar-refractivity contribution in [1.29, 1.82) is 0 Å². The molecule has 1 heterocycles. The van der Waals surface area contributed by atoms with Crippen LogP contribution in [0.25, 0.3) is 21.8 Å². The average Bonchev–Trinajstić information content (AvgIpc) is 3.22. The molecule has 0 saturated carbocycles. The minimum atomic E-state index is -0.127. The van der Waals surface area contributed by atoms with Gasteiger partial charge in [0, 0.05) is 17.8 Å². The van der Waals surface area contributed by atoms with Crippen LogP contribution < -0.4 is 11.1 Å². The summed E-state index contributed by atoms with van der Waals surface area (Å²) in [4.78, 5) is 17.4. The van der Waals surface area contributed by atoms with E-state index in [4.69, 9.17) is 5.73 Å². The molecule has 0 fully saturated rings. The number of aryl methyl sites for hydroxylation is 3. The molecule has 4 aromatic carbocycles. The Morgan fingerprint density at radius 3 is 2.56 bits per heavy atom. The third-order valence-electron chi connectivity index (χ3n) is 6.81. The third kappa shape index (κ3) is 5.10. The Labute approximate surface area is 212 Å². The Morgan fingerprint density at radius 2 is 1.72 bits per heavy atom. The fraction of sp³-hybridized carbons (Fsp3) is 0.226. The third-order valence-corrected chi connectivity index (χ3v) is 6.81. The van der Waals surface area contributed by atoms with Gasteiger partial charge >= 0.3 is 0 Å². The first-order valence-electron chi connectivity index (χ1n) is 12.7. The second-order valence-electron chi connectivity index (χ2n) is 9.32. The maximum absolute atomic E-state index is 12.8. The number of fused-ring (bicyclic) bond motifs is 2. The van der Waals surface area contributed by atoms with Crippen molar-refractivity contribution < 1.29 is 4.79 Å². The number of anilines is 2. The number of nitrogens with two attached hydrogens (primary N) is 1. The van der Waals surface area contributed by atoms with Crippen LogP contribution in [0.2, 0.25) is 0 Å². The van der Waals surface area contributed by atoms with Crippen LogP contribution in [0, 0.1) is 0 Å². The first-order valence-corrected chi connectivity index (χ1v) is 12.7. The molecule has 0 unspecified atom stereocenters. The van der Waals surface area contributed by atoms with Gasteiger partial charge in [-0.25, -0.2) is 4.98 Å². The van der Waals surface area contributed by atoms with E-state index in [1.54, 1.807) is 0 Å². The van der Waals surface area contributed by atoms with Crippen molar-refractivity contribution in [1.82, 2.24) is 9.55 Å². The summed E-state index contributed by atoms with van der Waals surface area (Å²) in [6, 6.07) is 28.5. The maximum atomic E-state index is 12.8. The van der Waals surface area contributed by atoms with Gasteiger partial charge in [0.25, 0.3) is 5.91 Å². The van der Waals surface area contributed by atoms with Crippen molar-refractivity contribution in [2.45, 2.75) is 45.6 Å². The molecule has 5 heteroatoms. The van der Waals surface area contributed by atoms with Gasteiger partial charge in [-0.3, -0.25) is 4.79 Å². The summed E-state index contributed by atoms with van der Waals surface area (Å²) in [5, 5.41) is 5.51. The minimum absolute atomic E-state index is 0.127. The van der Waals surface area contributed by atoms with Crippen molar-refractivity contribution in [2.24, 2.45) is 0 Å². The van der Waals surface area contributed by atoms with Gasteiger partial charge in [-0.05, 0) is 71.5 Å². The zero-order valence-electron chi connectivity index (χ0n) is 20.7. The van der Waals surface area contributed by atoms with E-state index in [1.165, 1.54) is 41.2 Å². The summed E-state index contributed by atoms with van der Waals surface area (Å²) in [5.74, 6) is 0.352. The lowest BCUT2D eigenvalue weighted by Crippen LogP contribution is -2.11. The van der Waals surface area contributed by atoms with Crippen molar-refractivity contribution in [3.8, 4) is 0 Å². The number of hydrogen-bond acceptors (Lipinski definition) is 3. The van der Waals surface area contributed by atoms with Crippen LogP contribution in [0.15, 0.2) is 84.9 Å². The largest absolute Gasteiger partial charge is 0.369 e. The quantitative estimate of drug-likeness (QED) is 0.225. The molecule has 0 atom stereocenters. The Morgan fingerprint density at radius 1 is 0.917 bits per heavy atom. The lowest BCUT2D eigenvalue weighted by Gasteiger charge is -2.10. The number of rotatable bonds is 9. The normalized spacial score (nSPS) is 11.2. The Bertz CT molecular complexity index is 1500. The van der Waals surface area contributed by atoms with E-state index in [9.17, 15) is 4.79 Å². The average molecular weight is 477 g/mol. The molecule has 0 radical (unpaired) electrons. The van der Waals surface area contributed by atoms with Crippen molar-refractivity contribution in [3.63, 3.8) is 0 Å². The lowest BCUT2D eigenvalue weighted by atomic mass is 10.0. The van der Waals surface area contributed by atoms with Crippen molar-refractivity contribution in [3.05, 3.63) is 102 Å². The molecule has 0 aliphatic heterocycles. The fourth-order valence-electron chi connectivity index (χ4n) is 4.81. The smallest absolute Gasteiger partial charge is 0.255 e. The molecule has 1 aromatic heterocycles. The number of benzene rings is 4. The van der Waals surface area contributed by atoms with E-state index in [1.807, 2.05) is 47.0 Å². The molecule has 3 N–H and O–H groups in total. The molecule has 5 aromatic rings. The summed E-state index contributed by atoms with van der Waals surface area (Å²) in [5.41, 5.74) is 11.9. The highest BCUT2D eigenvalue weighted by Gasteiger charge is 2.12. The van der Waals surface area contributed by atoms with E-state index in [2.05, 4.69) is 59.7 Å². The number of unbranched alkanes of at least 4 members (excludes halogenated alkanes) is 2. The number of aromatic nitrogens is 2. The summed E-state index contributed by atoms with van der Waals surface area (Å²) >= 11 is 0. The Hall–Kier alpha value is -4.12. The van der Waals surface area contributed by atoms with Crippen LogP contribution in [-0.2, 0) is 19.4 Å². The van der Waals surface area contributed by atoms with Crippen molar-refractivity contribution in [2.75, 3.05) is 11.1 Å². The van der Waals surface area contributed by atoms with Crippen LogP contribution in [0.1, 0.15) is 47.7 Å². The Kier molecular flexibility index (Phi) is 6.99. The van der Waals surface area contributed by atoms with Gasteiger partial charge in [0.2, 0.25) is 5.95 Å². The van der Waals surface area contributed by atoms with Crippen LogP contribution >= 0.6 is 0 Å². The molecule has 0 aliphatic rings. The predicted octanol–water partition coefficient (Wildman–Crippen LogP) is 7.00. The molecular weight excluding hydrogens is 444 g/mol. The van der Waals surface area contributed by atoms with Gasteiger partial charge in [-0.15, -0.1) is 0 Å². The first-order chi connectivity index (χ1) is 17.6. The summed E-state index contributed by atoms with van der Waals surface area (Å²) < 4.78 is 2.04. The van der Waals surface area contributed by atoms with Gasteiger partial charge in [-0.2, -0.15) is 0 Å². The standard InChI is InChI=1S/C31H32N4O/c1-2-3-4-8-22-13-15-25(16-14-22)30(36)33-26-17-18-29-28(21-26)34-31(32)35(29)20-19-24-11-7-10-23-9-5-6-12-27(23)24/h5-7,9-18,21H,2-4,8,19-20H2,1H3,(H2,32,34)(H,33,36). The van der Waals surface area contributed by atoms with E-state index >= 15 is 0 Å². The molecular formula is C31H32N4O. The number of nitrogens with one attached hydrogen (secondary N) is 1. The first kappa shape index (κ1) is 23.6.